The minimum absolute atomic E-state index is 0.0531. The molecule has 0 saturated heterocycles. The Morgan fingerprint density at radius 1 is 1.44 bits per heavy atom. The number of nitrogens with one attached hydrogen (secondary N) is 1. The summed E-state index contributed by atoms with van der Waals surface area (Å²) in [5, 5.41) is 22.1. The van der Waals surface area contributed by atoms with E-state index in [-0.39, 0.29) is 6.61 Å². The van der Waals surface area contributed by atoms with E-state index in [9.17, 15) is 5.11 Å². The van der Waals surface area contributed by atoms with Crippen molar-refractivity contribution in [3.63, 3.8) is 0 Å². The van der Waals surface area contributed by atoms with Gasteiger partial charge in [0, 0.05) is 0 Å². The van der Waals surface area contributed by atoms with Crippen LogP contribution in [-0.4, -0.2) is 11.4 Å². The highest BCUT2D eigenvalue weighted by Gasteiger charge is 2.20. The van der Waals surface area contributed by atoms with E-state index in [1.807, 2.05) is 32.0 Å². The van der Waals surface area contributed by atoms with Crippen molar-refractivity contribution in [3.05, 3.63) is 34.9 Å². The molecule has 0 aliphatic heterocycles. The molecule has 0 bridgehead atoms. The zero-order chi connectivity index (χ0) is 13.6. The fourth-order valence-electron chi connectivity index (χ4n) is 1.57. The van der Waals surface area contributed by atoms with E-state index in [0.29, 0.717) is 6.54 Å². The van der Waals surface area contributed by atoms with E-state index in [1.165, 1.54) is 6.34 Å². The molecule has 0 aromatic heterocycles. The van der Waals surface area contributed by atoms with Crippen molar-refractivity contribution in [2.45, 2.75) is 32.4 Å². The van der Waals surface area contributed by atoms with Gasteiger partial charge in [-0.05, 0) is 30.5 Å². The molecule has 0 spiro atoms. The maximum atomic E-state index is 9.24. The molecule has 1 rings (SSSR count). The number of hydrazone groups is 1. The van der Waals surface area contributed by atoms with Crippen LogP contribution in [0.4, 0.5) is 0 Å². The van der Waals surface area contributed by atoms with Crippen LogP contribution in [0.1, 0.15) is 30.5 Å². The second-order valence-electron chi connectivity index (χ2n) is 4.55. The molecule has 5 heteroatoms. The third-order valence-corrected chi connectivity index (χ3v) is 2.69. The van der Waals surface area contributed by atoms with Gasteiger partial charge in [-0.25, -0.2) is 0 Å². The number of rotatable bonds is 5. The molecule has 0 amide bonds. The Kier molecular flexibility index (Phi) is 4.69. The van der Waals surface area contributed by atoms with Gasteiger partial charge in [-0.1, -0.05) is 18.2 Å². The Hall–Kier alpha value is -2.06. The Morgan fingerprint density at radius 2 is 2.11 bits per heavy atom. The van der Waals surface area contributed by atoms with Gasteiger partial charge in [0.2, 0.25) is 0 Å². The third-order valence-electron chi connectivity index (χ3n) is 2.69. The van der Waals surface area contributed by atoms with Gasteiger partial charge in [0.1, 0.15) is 6.34 Å². The second kappa shape index (κ2) is 6.03. The maximum Gasteiger partial charge on any atom is 0.106 e. The van der Waals surface area contributed by atoms with Gasteiger partial charge in [-0.15, -0.1) is 0 Å². The summed E-state index contributed by atoms with van der Waals surface area (Å²) in [5.74, 6) is 0. The highest BCUT2D eigenvalue weighted by atomic mass is 16.3. The number of aliphatic hydroxyl groups excluding tert-OH is 1. The molecule has 96 valence electrons. The van der Waals surface area contributed by atoms with E-state index in [4.69, 9.17) is 11.0 Å². The van der Waals surface area contributed by atoms with E-state index in [1.54, 1.807) is 0 Å². The fourth-order valence-corrected chi connectivity index (χ4v) is 1.57. The number of aliphatic hydroxyl groups is 1. The van der Waals surface area contributed by atoms with Crippen molar-refractivity contribution >= 4 is 6.34 Å². The Labute approximate surface area is 107 Å². The number of nitrogens with two attached hydrogens (primary N) is 1. The van der Waals surface area contributed by atoms with Crippen molar-refractivity contribution < 1.29 is 5.11 Å². The molecule has 0 aliphatic rings. The summed E-state index contributed by atoms with van der Waals surface area (Å²) in [6.45, 7) is 4.13. The highest BCUT2D eigenvalue weighted by molar-refractivity contribution is 5.50. The summed E-state index contributed by atoms with van der Waals surface area (Å²) in [6.07, 6.45) is 1.18. The number of nitrogens with zero attached hydrogens (tertiary/aromatic N) is 2. The molecule has 0 atom stereocenters. The molecule has 0 saturated carbocycles. The molecule has 1 aromatic carbocycles. The number of nitriles is 1. The predicted molar refractivity (Wildman–Crippen MR) is 70.5 cm³/mol. The minimum Gasteiger partial charge on any atom is -0.392 e. The summed E-state index contributed by atoms with van der Waals surface area (Å²) in [7, 11) is 0. The lowest BCUT2D eigenvalue weighted by atomic mass is 9.84. The summed E-state index contributed by atoms with van der Waals surface area (Å²) in [6, 6.07) is 7.90. The summed E-state index contributed by atoms with van der Waals surface area (Å²) >= 11 is 0. The summed E-state index contributed by atoms with van der Waals surface area (Å²) < 4.78 is 0. The van der Waals surface area contributed by atoms with Crippen molar-refractivity contribution in [3.8, 4) is 6.07 Å². The molecule has 0 unspecified atom stereocenters. The fraction of sp³-hybridized carbons (Fsp3) is 0.385. The quantitative estimate of drug-likeness (QED) is 0.410. The number of benzene rings is 1. The standard InChI is InChI=1S/C13H18N4O/c1-13(2,8-14)12-4-10(6-16-17-9-15)3-11(5-12)7-18/h3-5,9,16,18H,6-7H2,1-2H3,(H2,15,17). The predicted octanol–water partition coefficient (Wildman–Crippen LogP) is 0.972. The van der Waals surface area contributed by atoms with Gasteiger partial charge in [0.25, 0.3) is 0 Å². The monoisotopic (exact) mass is 246 g/mol. The van der Waals surface area contributed by atoms with Crippen molar-refractivity contribution in [2.75, 3.05) is 0 Å². The van der Waals surface area contributed by atoms with Gasteiger partial charge in [-0.3, -0.25) is 0 Å². The van der Waals surface area contributed by atoms with Gasteiger partial charge in [0.15, 0.2) is 0 Å². The summed E-state index contributed by atoms with van der Waals surface area (Å²) in [4.78, 5) is 0. The number of hydrogen-bond donors (Lipinski definition) is 3. The lowest BCUT2D eigenvalue weighted by Crippen LogP contribution is -2.16. The maximum absolute atomic E-state index is 9.24. The molecule has 4 N–H and O–H groups in total. The van der Waals surface area contributed by atoms with Gasteiger partial charge in [-0.2, -0.15) is 10.4 Å². The summed E-state index contributed by atoms with van der Waals surface area (Å²) in [5.41, 5.74) is 9.94. The topological polar surface area (TPSA) is 94.4 Å². The van der Waals surface area contributed by atoms with Crippen LogP contribution in [0.15, 0.2) is 23.3 Å². The molecule has 18 heavy (non-hydrogen) atoms. The third kappa shape index (κ3) is 3.47. The Bertz CT molecular complexity index is 474. The van der Waals surface area contributed by atoms with Crippen LogP contribution in [0.25, 0.3) is 0 Å². The first kappa shape index (κ1) is 14.0. The van der Waals surface area contributed by atoms with E-state index in [0.717, 1.165) is 16.7 Å². The lowest BCUT2D eigenvalue weighted by Gasteiger charge is -2.18. The molecule has 0 aliphatic carbocycles. The van der Waals surface area contributed by atoms with Crippen LogP contribution in [-0.2, 0) is 18.6 Å². The normalized spacial score (nSPS) is 11.4. The van der Waals surface area contributed by atoms with E-state index >= 15 is 0 Å². The van der Waals surface area contributed by atoms with Gasteiger partial charge in [0.05, 0.1) is 24.6 Å². The molecule has 0 heterocycles. The van der Waals surface area contributed by atoms with Crippen LogP contribution in [0.3, 0.4) is 0 Å². The van der Waals surface area contributed by atoms with Crippen LogP contribution in [0.2, 0.25) is 0 Å². The zero-order valence-electron chi connectivity index (χ0n) is 10.6. The SMILES string of the molecule is CC(C)(C#N)c1cc(CO)cc(CN/N=C\N)c1. The van der Waals surface area contributed by atoms with E-state index in [2.05, 4.69) is 16.6 Å². The first-order chi connectivity index (χ1) is 8.53. The van der Waals surface area contributed by atoms with Crippen LogP contribution < -0.4 is 11.2 Å². The molecular formula is C13H18N4O. The zero-order valence-corrected chi connectivity index (χ0v) is 10.6. The molecular weight excluding hydrogens is 228 g/mol. The molecule has 0 radical (unpaired) electrons. The van der Waals surface area contributed by atoms with Crippen molar-refractivity contribution in [2.24, 2.45) is 10.8 Å². The lowest BCUT2D eigenvalue weighted by molar-refractivity contribution is 0.281. The highest BCUT2D eigenvalue weighted by Crippen LogP contribution is 2.24. The van der Waals surface area contributed by atoms with Crippen molar-refractivity contribution in [1.82, 2.24) is 5.43 Å². The van der Waals surface area contributed by atoms with Gasteiger partial charge < -0.3 is 16.3 Å². The molecule has 1 aromatic rings. The largest absolute Gasteiger partial charge is 0.392 e. The van der Waals surface area contributed by atoms with E-state index < -0.39 is 5.41 Å². The second-order valence-corrected chi connectivity index (χ2v) is 4.55. The smallest absolute Gasteiger partial charge is 0.106 e. The van der Waals surface area contributed by atoms with Crippen molar-refractivity contribution in [1.29, 1.82) is 5.26 Å². The first-order valence-corrected chi connectivity index (χ1v) is 5.65. The average molecular weight is 246 g/mol. The minimum atomic E-state index is -0.586. The molecule has 5 nitrogen and oxygen atoms in total. The molecule has 0 fully saturated rings. The average Bonchev–Trinajstić information content (AvgIpc) is 2.38. The van der Waals surface area contributed by atoms with Crippen LogP contribution in [0, 0.1) is 11.3 Å². The van der Waals surface area contributed by atoms with Crippen LogP contribution in [0.5, 0.6) is 0 Å². The Balaban J connectivity index is 3.06. The first-order valence-electron chi connectivity index (χ1n) is 5.65. The number of hydrogen-bond acceptors (Lipinski definition) is 4. The van der Waals surface area contributed by atoms with Gasteiger partial charge >= 0.3 is 0 Å². The Morgan fingerprint density at radius 3 is 2.67 bits per heavy atom. The van der Waals surface area contributed by atoms with Crippen LogP contribution >= 0.6 is 0 Å².